The van der Waals surface area contributed by atoms with Crippen molar-refractivity contribution in [3.63, 3.8) is 0 Å². The van der Waals surface area contributed by atoms with Gasteiger partial charge >= 0.3 is 5.97 Å². The quantitative estimate of drug-likeness (QED) is 0.769. The van der Waals surface area contributed by atoms with Gasteiger partial charge in [0.05, 0.1) is 11.4 Å². The van der Waals surface area contributed by atoms with E-state index < -0.39 is 12.0 Å². The number of nitrogens with one attached hydrogen (secondary N) is 1. The molecule has 1 fully saturated rings. The van der Waals surface area contributed by atoms with E-state index in [-0.39, 0.29) is 0 Å². The first-order valence-electron chi connectivity index (χ1n) is 6.67. The fraction of sp³-hybridized carbons (Fsp3) is 0.692. The van der Waals surface area contributed by atoms with Crippen molar-refractivity contribution in [2.45, 2.75) is 52.2 Å². The van der Waals surface area contributed by atoms with Gasteiger partial charge in [-0.2, -0.15) is 5.10 Å². The van der Waals surface area contributed by atoms with Gasteiger partial charge in [0.25, 0.3) is 0 Å². The highest BCUT2D eigenvalue weighted by Gasteiger charge is 2.35. The Bertz CT molecular complexity index is 424. The average molecular weight is 251 g/mol. The van der Waals surface area contributed by atoms with Crippen molar-refractivity contribution in [3.05, 3.63) is 17.5 Å². The van der Waals surface area contributed by atoms with Gasteiger partial charge in [-0.25, -0.2) is 0 Å². The van der Waals surface area contributed by atoms with Crippen LogP contribution in [0.5, 0.6) is 0 Å². The van der Waals surface area contributed by atoms with Crippen LogP contribution < -0.4 is 5.32 Å². The first kappa shape index (κ1) is 13.1. The SMILES string of the molecule is CCc1cc(CNC(C(=O)O)C2CC2)n(CC)n1. The molecule has 1 aromatic rings. The number of hydrogen-bond donors (Lipinski definition) is 2. The number of aryl methyl sites for hydroxylation is 2. The number of rotatable bonds is 7. The monoisotopic (exact) mass is 251 g/mol. The number of aromatic nitrogens is 2. The van der Waals surface area contributed by atoms with E-state index in [0.29, 0.717) is 12.5 Å². The van der Waals surface area contributed by atoms with Crippen molar-refractivity contribution < 1.29 is 9.90 Å². The van der Waals surface area contributed by atoms with Crippen LogP contribution in [0, 0.1) is 5.92 Å². The van der Waals surface area contributed by atoms with E-state index in [4.69, 9.17) is 5.11 Å². The molecule has 5 heteroatoms. The van der Waals surface area contributed by atoms with Crippen LogP contribution in [-0.2, 0) is 24.3 Å². The zero-order valence-corrected chi connectivity index (χ0v) is 11.0. The van der Waals surface area contributed by atoms with Gasteiger partial charge in [-0.05, 0) is 38.2 Å². The summed E-state index contributed by atoms with van der Waals surface area (Å²) < 4.78 is 1.94. The molecule has 0 aliphatic heterocycles. The molecular weight excluding hydrogens is 230 g/mol. The minimum atomic E-state index is -0.740. The predicted octanol–water partition coefficient (Wildman–Crippen LogP) is 1.42. The Morgan fingerprint density at radius 3 is 2.83 bits per heavy atom. The Kier molecular flexibility index (Phi) is 4.01. The third kappa shape index (κ3) is 2.90. The van der Waals surface area contributed by atoms with Crippen LogP contribution in [0.15, 0.2) is 6.07 Å². The summed E-state index contributed by atoms with van der Waals surface area (Å²) in [6.45, 7) is 5.52. The first-order chi connectivity index (χ1) is 8.65. The summed E-state index contributed by atoms with van der Waals surface area (Å²) in [5, 5.41) is 16.8. The van der Waals surface area contributed by atoms with Crippen LogP contribution in [0.25, 0.3) is 0 Å². The lowest BCUT2D eigenvalue weighted by Crippen LogP contribution is -2.38. The molecule has 0 spiro atoms. The van der Waals surface area contributed by atoms with E-state index in [0.717, 1.165) is 37.2 Å². The molecule has 5 nitrogen and oxygen atoms in total. The van der Waals surface area contributed by atoms with Crippen LogP contribution >= 0.6 is 0 Å². The Balaban J connectivity index is 1.99. The van der Waals surface area contributed by atoms with Gasteiger partial charge in [0, 0.05) is 13.1 Å². The number of hydrogen-bond acceptors (Lipinski definition) is 3. The maximum Gasteiger partial charge on any atom is 0.320 e. The first-order valence-corrected chi connectivity index (χ1v) is 6.67. The highest BCUT2D eigenvalue weighted by molar-refractivity contribution is 5.74. The van der Waals surface area contributed by atoms with E-state index in [9.17, 15) is 4.79 Å². The standard InChI is InChI=1S/C13H21N3O2/c1-3-10-7-11(16(4-2)15-10)8-14-12(13(17)18)9-5-6-9/h7,9,12,14H,3-6,8H2,1-2H3,(H,17,18). The van der Waals surface area contributed by atoms with Crippen molar-refractivity contribution in [2.24, 2.45) is 5.92 Å². The van der Waals surface area contributed by atoms with Crippen molar-refractivity contribution in [1.82, 2.24) is 15.1 Å². The van der Waals surface area contributed by atoms with E-state index in [1.54, 1.807) is 0 Å². The second-order valence-electron chi connectivity index (χ2n) is 4.83. The van der Waals surface area contributed by atoms with Gasteiger partial charge in [-0.1, -0.05) is 6.92 Å². The summed E-state index contributed by atoms with van der Waals surface area (Å²) in [6.07, 6.45) is 2.96. The highest BCUT2D eigenvalue weighted by Crippen LogP contribution is 2.32. The molecule has 1 unspecified atom stereocenters. The topological polar surface area (TPSA) is 67.2 Å². The van der Waals surface area contributed by atoms with Gasteiger partial charge in [-0.15, -0.1) is 0 Å². The number of carboxylic acids is 1. The van der Waals surface area contributed by atoms with E-state index in [1.807, 2.05) is 11.6 Å². The minimum absolute atomic E-state index is 0.311. The van der Waals surface area contributed by atoms with Crippen LogP contribution in [0.2, 0.25) is 0 Å². The summed E-state index contributed by atoms with van der Waals surface area (Å²) in [6, 6.07) is 1.65. The molecular formula is C13H21N3O2. The number of carboxylic acid groups (broad SMARTS) is 1. The summed E-state index contributed by atoms with van der Waals surface area (Å²) in [7, 11) is 0. The van der Waals surface area contributed by atoms with Gasteiger partial charge in [0.1, 0.15) is 6.04 Å². The smallest absolute Gasteiger partial charge is 0.320 e. The molecule has 0 saturated heterocycles. The van der Waals surface area contributed by atoms with Gasteiger partial charge in [0.15, 0.2) is 0 Å². The van der Waals surface area contributed by atoms with Crippen molar-refractivity contribution in [3.8, 4) is 0 Å². The number of nitrogens with zero attached hydrogens (tertiary/aromatic N) is 2. The van der Waals surface area contributed by atoms with Gasteiger partial charge in [0.2, 0.25) is 0 Å². The number of aliphatic carboxylic acids is 1. The molecule has 0 radical (unpaired) electrons. The minimum Gasteiger partial charge on any atom is -0.480 e. The zero-order chi connectivity index (χ0) is 13.1. The summed E-state index contributed by atoms with van der Waals surface area (Å²) in [5.41, 5.74) is 2.13. The Hall–Kier alpha value is -1.36. The second kappa shape index (κ2) is 5.52. The molecule has 1 aromatic heterocycles. The van der Waals surface area contributed by atoms with E-state index in [2.05, 4.69) is 23.4 Å². The fourth-order valence-electron chi connectivity index (χ4n) is 2.20. The Morgan fingerprint density at radius 1 is 1.61 bits per heavy atom. The molecule has 1 heterocycles. The largest absolute Gasteiger partial charge is 0.480 e. The molecule has 1 aliphatic rings. The van der Waals surface area contributed by atoms with E-state index in [1.165, 1.54) is 0 Å². The Morgan fingerprint density at radius 2 is 2.33 bits per heavy atom. The zero-order valence-electron chi connectivity index (χ0n) is 11.0. The van der Waals surface area contributed by atoms with Crippen LogP contribution in [0.4, 0.5) is 0 Å². The fourth-order valence-corrected chi connectivity index (χ4v) is 2.20. The normalized spacial score (nSPS) is 16.8. The summed E-state index contributed by atoms with van der Waals surface area (Å²) in [5.74, 6) is -0.429. The van der Waals surface area contributed by atoms with Crippen LogP contribution in [-0.4, -0.2) is 26.9 Å². The van der Waals surface area contributed by atoms with Crippen LogP contribution in [0.3, 0.4) is 0 Å². The molecule has 0 aromatic carbocycles. The van der Waals surface area contributed by atoms with E-state index >= 15 is 0 Å². The molecule has 1 aliphatic carbocycles. The van der Waals surface area contributed by atoms with Gasteiger partial charge < -0.3 is 5.11 Å². The lowest BCUT2D eigenvalue weighted by atomic mass is 10.2. The predicted molar refractivity (Wildman–Crippen MR) is 68.3 cm³/mol. The molecule has 18 heavy (non-hydrogen) atoms. The molecule has 2 rings (SSSR count). The summed E-state index contributed by atoms with van der Waals surface area (Å²) >= 11 is 0. The maximum absolute atomic E-state index is 11.1. The Labute approximate surface area is 107 Å². The molecule has 2 N–H and O–H groups in total. The number of carbonyl (C=O) groups is 1. The summed E-state index contributed by atoms with van der Waals surface area (Å²) in [4.78, 5) is 11.1. The average Bonchev–Trinajstić information content (AvgIpc) is 3.09. The van der Waals surface area contributed by atoms with Crippen molar-refractivity contribution >= 4 is 5.97 Å². The van der Waals surface area contributed by atoms with Crippen molar-refractivity contribution in [2.75, 3.05) is 0 Å². The van der Waals surface area contributed by atoms with Gasteiger partial charge in [-0.3, -0.25) is 14.8 Å². The van der Waals surface area contributed by atoms with Crippen molar-refractivity contribution in [1.29, 1.82) is 0 Å². The molecule has 1 saturated carbocycles. The molecule has 1 atom stereocenters. The highest BCUT2D eigenvalue weighted by atomic mass is 16.4. The molecule has 0 bridgehead atoms. The molecule has 0 amide bonds. The maximum atomic E-state index is 11.1. The van der Waals surface area contributed by atoms with Crippen LogP contribution in [0.1, 0.15) is 38.1 Å². The second-order valence-corrected chi connectivity index (χ2v) is 4.83. The third-order valence-corrected chi connectivity index (χ3v) is 3.44. The lowest BCUT2D eigenvalue weighted by Gasteiger charge is -2.13. The lowest BCUT2D eigenvalue weighted by molar-refractivity contribution is -0.140. The third-order valence-electron chi connectivity index (χ3n) is 3.44. The molecule has 100 valence electrons.